The van der Waals surface area contributed by atoms with Gasteiger partial charge < -0.3 is 20.3 Å². The molecule has 1 aliphatic rings. The fraction of sp³-hybridized carbons (Fsp3) is 0.381. The van der Waals surface area contributed by atoms with Crippen LogP contribution in [0.5, 0.6) is 5.75 Å². The number of rotatable bonds is 6. The monoisotopic (exact) mass is 353 g/mol. The summed E-state index contributed by atoms with van der Waals surface area (Å²) in [6, 6.07) is 13.8. The Morgan fingerprint density at radius 1 is 1.04 bits per heavy atom. The van der Waals surface area contributed by atoms with Crippen molar-refractivity contribution in [3.63, 3.8) is 0 Å². The highest BCUT2D eigenvalue weighted by Gasteiger charge is 2.12. The number of urea groups is 1. The number of carbonyl (C=O) groups excluding carboxylic acids is 1. The molecule has 0 spiro atoms. The molecule has 5 heteroatoms. The van der Waals surface area contributed by atoms with Gasteiger partial charge in [-0.15, -0.1) is 0 Å². The minimum Gasteiger partial charge on any atom is -0.491 e. The van der Waals surface area contributed by atoms with E-state index in [1.54, 1.807) is 0 Å². The third kappa shape index (κ3) is 4.69. The van der Waals surface area contributed by atoms with Gasteiger partial charge in [0.05, 0.1) is 6.54 Å². The number of benzene rings is 2. The first-order valence-electron chi connectivity index (χ1n) is 9.22. The zero-order chi connectivity index (χ0) is 18.4. The van der Waals surface area contributed by atoms with E-state index in [9.17, 15) is 4.79 Å². The number of nitrogens with zero attached hydrogens (tertiary/aromatic N) is 1. The average Bonchev–Trinajstić information content (AvgIpc) is 3.16. The zero-order valence-electron chi connectivity index (χ0n) is 15.5. The largest absolute Gasteiger partial charge is 0.491 e. The molecule has 1 heterocycles. The Morgan fingerprint density at radius 2 is 1.69 bits per heavy atom. The number of ether oxygens (including phenoxy) is 1. The summed E-state index contributed by atoms with van der Waals surface area (Å²) in [6.07, 6.45) is 2.51. The summed E-state index contributed by atoms with van der Waals surface area (Å²) in [5.41, 5.74) is 4.22. The molecule has 2 amide bonds. The minimum atomic E-state index is -0.218. The van der Waals surface area contributed by atoms with Crippen molar-refractivity contribution < 1.29 is 9.53 Å². The van der Waals surface area contributed by atoms with Gasteiger partial charge in [-0.1, -0.05) is 18.2 Å². The third-order valence-electron chi connectivity index (χ3n) is 4.64. The lowest BCUT2D eigenvalue weighted by Crippen LogP contribution is -2.32. The van der Waals surface area contributed by atoms with Crippen LogP contribution in [-0.4, -0.2) is 32.3 Å². The first-order valence-corrected chi connectivity index (χ1v) is 9.22. The molecule has 0 saturated carbocycles. The van der Waals surface area contributed by atoms with E-state index in [-0.39, 0.29) is 6.03 Å². The number of para-hydroxylation sites is 1. The highest BCUT2D eigenvalue weighted by molar-refractivity contribution is 5.89. The predicted octanol–water partition coefficient (Wildman–Crippen LogP) is 4.10. The molecule has 1 saturated heterocycles. The quantitative estimate of drug-likeness (QED) is 0.769. The van der Waals surface area contributed by atoms with Gasteiger partial charge in [0.25, 0.3) is 0 Å². The maximum Gasteiger partial charge on any atom is 0.319 e. The Hall–Kier alpha value is -2.69. The molecule has 1 fully saturated rings. The molecule has 1 aliphatic heterocycles. The summed E-state index contributed by atoms with van der Waals surface area (Å²) in [5, 5.41) is 5.68. The Morgan fingerprint density at radius 3 is 2.35 bits per heavy atom. The summed E-state index contributed by atoms with van der Waals surface area (Å²) >= 11 is 0. The van der Waals surface area contributed by atoms with Crippen LogP contribution >= 0.6 is 0 Å². The van der Waals surface area contributed by atoms with Crippen molar-refractivity contribution in [3.05, 3.63) is 53.6 Å². The van der Waals surface area contributed by atoms with Gasteiger partial charge >= 0.3 is 6.03 Å². The summed E-state index contributed by atoms with van der Waals surface area (Å²) in [4.78, 5) is 14.4. The van der Waals surface area contributed by atoms with Crippen molar-refractivity contribution >= 4 is 17.4 Å². The van der Waals surface area contributed by atoms with Gasteiger partial charge in [0.2, 0.25) is 0 Å². The Labute approximate surface area is 155 Å². The van der Waals surface area contributed by atoms with Gasteiger partial charge in [-0.25, -0.2) is 4.79 Å². The number of nitrogens with one attached hydrogen (secondary N) is 2. The highest BCUT2D eigenvalue weighted by atomic mass is 16.5. The van der Waals surface area contributed by atoms with Crippen LogP contribution in [0.25, 0.3) is 0 Å². The van der Waals surface area contributed by atoms with Crippen molar-refractivity contribution in [2.75, 3.05) is 36.5 Å². The van der Waals surface area contributed by atoms with Crippen LogP contribution in [0.2, 0.25) is 0 Å². The molecule has 2 aromatic rings. The average molecular weight is 353 g/mol. The molecule has 5 nitrogen and oxygen atoms in total. The molecule has 0 atom stereocenters. The normalized spacial score (nSPS) is 13.5. The highest BCUT2D eigenvalue weighted by Crippen LogP contribution is 2.23. The molecule has 3 rings (SSSR count). The lowest BCUT2D eigenvalue weighted by atomic mass is 10.1. The smallest absolute Gasteiger partial charge is 0.319 e. The molecule has 0 radical (unpaired) electrons. The summed E-state index contributed by atoms with van der Waals surface area (Å²) in [6.45, 7) is 7.17. The van der Waals surface area contributed by atoms with E-state index in [0.717, 1.165) is 35.7 Å². The van der Waals surface area contributed by atoms with Crippen molar-refractivity contribution in [1.29, 1.82) is 0 Å². The van der Waals surface area contributed by atoms with Crippen LogP contribution in [-0.2, 0) is 0 Å². The van der Waals surface area contributed by atoms with Crippen LogP contribution in [0, 0.1) is 13.8 Å². The summed E-state index contributed by atoms with van der Waals surface area (Å²) in [7, 11) is 0. The standard InChI is InChI=1S/C21H27N3O2/c1-16-6-5-7-17(2)20(16)26-15-12-22-21(25)23-18-8-10-19(11-9-18)24-13-3-4-14-24/h5-11H,3-4,12-15H2,1-2H3,(H2,22,23,25). The molecule has 2 N–H and O–H groups in total. The topological polar surface area (TPSA) is 53.6 Å². The molecule has 0 unspecified atom stereocenters. The molecular weight excluding hydrogens is 326 g/mol. The number of carbonyl (C=O) groups is 1. The van der Waals surface area contributed by atoms with Crippen LogP contribution in [0.3, 0.4) is 0 Å². The van der Waals surface area contributed by atoms with Crippen molar-refractivity contribution in [1.82, 2.24) is 5.32 Å². The second-order valence-corrected chi connectivity index (χ2v) is 6.69. The maximum atomic E-state index is 12.0. The molecule has 26 heavy (non-hydrogen) atoms. The zero-order valence-corrected chi connectivity index (χ0v) is 15.5. The van der Waals surface area contributed by atoms with Gasteiger partial charge in [-0.05, 0) is 62.1 Å². The van der Waals surface area contributed by atoms with Gasteiger partial charge in [-0.3, -0.25) is 0 Å². The van der Waals surface area contributed by atoms with Gasteiger partial charge in [0, 0.05) is 24.5 Å². The SMILES string of the molecule is Cc1cccc(C)c1OCCNC(=O)Nc1ccc(N2CCCC2)cc1. The molecule has 0 aromatic heterocycles. The fourth-order valence-corrected chi connectivity index (χ4v) is 3.25. The maximum absolute atomic E-state index is 12.0. The lowest BCUT2D eigenvalue weighted by molar-refractivity contribution is 0.247. The molecule has 0 bridgehead atoms. The Kier molecular flexibility index (Phi) is 6.00. The number of amides is 2. The van der Waals surface area contributed by atoms with E-state index in [1.165, 1.54) is 18.5 Å². The summed E-state index contributed by atoms with van der Waals surface area (Å²) in [5.74, 6) is 0.896. The van der Waals surface area contributed by atoms with E-state index in [0.29, 0.717) is 13.2 Å². The van der Waals surface area contributed by atoms with E-state index in [4.69, 9.17) is 4.74 Å². The van der Waals surface area contributed by atoms with Crippen molar-refractivity contribution in [2.24, 2.45) is 0 Å². The lowest BCUT2D eigenvalue weighted by Gasteiger charge is -2.18. The minimum absolute atomic E-state index is 0.218. The predicted molar refractivity (Wildman–Crippen MR) is 106 cm³/mol. The van der Waals surface area contributed by atoms with Gasteiger partial charge in [0.1, 0.15) is 12.4 Å². The van der Waals surface area contributed by atoms with Gasteiger partial charge in [-0.2, -0.15) is 0 Å². The van der Waals surface area contributed by atoms with Crippen LogP contribution in [0.1, 0.15) is 24.0 Å². The van der Waals surface area contributed by atoms with Gasteiger partial charge in [0.15, 0.2) is 0 Å². The number of anilines is 2. The van der Waals surface area contributed by atoms with E-state index < -0.39 is 0 Å². The molecule has 138 valence electrons. The van der Waals surface area contributed by atoms with E-state index in [2.05, 4.69) is 27.7 Å². The van der Waals surface area contributed by atoms with Crippen LogP contribution in [0.4, 0.5) is 16.2 Å². The van der Waals surface area contributed by atoms with Crippen molar-refractivity contribution in [2.45, 2.75) is 26.7 Å². The fourth-order valence-electron chi connectivity index (χ4n) is 3.25. The van der Waals surface area contributed by atoms with E-state index >= 15 is 0 Å². The summed E-state index contributed by atoms with van der Waals surface area (Å²) < 4.78 is 5.79. The van der Waals surface area contributed by atoms with Crippen molar-refractivity contribution in [3.8, 4) is 5.75 Å². The molecule has 2 aromatic carbocycles. The number of aryl methyl sites for hydroxylation is 2. The second kappa shape index (κ2) is 8.61. The molecule has 0 aliphatic carbocycles. The van der Waals surface area contributed by atoms with E-state index in [1.807, 2.05) is 44.2 Å². The van der Waals surface area contributed by atoms with Crippen LogP contribution in [0.15, 0.2) is 42.5 Å². The second-order valence-electron chi connectivity index (χ2n) is 6.69. The number of hydrogen-bond acceptors (Lipinski definition) is 3. The third-order valence-corrected chi connectivity index (χ3v) is 4.64. The Bertz CT molecular complexity index is 717. The van der Waals surface area contributed by atoms with Crippen LogP contribution < -0.4 is 20.3 Å². The molecular formula is C21H27N3O2. The first-order chi connectivity index (χ1) is 12.6. The number of hydrogen-bond donors (Lipinski definition) is 2. The Balaban J connectivity index is 1.41. The first kappa shape index (κ1) is 18.1.